The molecule has 5 heteroatoms. The van der Waals surface area contributed by atoms with Crippen LogP contribution in [0.1, 0.15) is 54.4 Å². The number of aryl methyl sites for hydroxylation is 2. The molecule has 0 unspecified atom stereocenters. The van der Waals surface area contributed by atoms with Crippen molar-refractivity contribution >= 4 is 22.5 Å². The van der Waals surface area contributed by atoms with Gasteiger partial charge in [-0.15, -0.1) is 0 Å². The maximum absolute atomic E-state index is 12.9. The minimum absolute atomic E-state index is 0.00480. The van der Waals surface area contributed by atoms with E-state index in [1.165, 1.54) is 6.42 Å². The van der Waals surface area contributed by atoms with Crippen LogP contribution < -0.4 is 10.9 Å². The molecule has 0 fully saturated rings. The van der Waals surface area contributed by atoms with E-state index in [2.05, 4.69) is 12.2 Å². The maximum Gasteiger partial charge on any atom is 0.261 e. The summed E-state index contributed by atoms with van der Waals surface area (Å²) in [6, 6.07) is 13.0. The fourth-order valence-electron chi connectivity index (χ4n) is 3.88. The molecule has 5 nitrogen and oxygen atoms in total. The second kappa shape index (κ2) is 7.97. The Balaban J connectivity index is 1.70. The largest absolute Gasteiger partial charge is 0.322 e. The first-order chi connectivity index (χ1) is 13.7. The second-order valence-corrected chi connectivity index (χ2v) is 7.35. The van der Waals surface area contributed by atoms with Crippen molar-refractivity contribution in [3.63, 3.8) is 0 Å². The topological polar surface area (TPSA) is 64.0 Å². The molecule has 0 spiro atoms. The SMILES string of the molecule is CCc1ccccc1NC(=O)c1ccc2c(=O)n3c(nc2c1)CCCCCC3. The summed E-state index contributed by atoms with van der Waals surface area (Å²) in [7, 11) is 0. The lowest BCUT2D eigenvalue weighted by molar-refractivity contribution is 0.102. The molecule has 0 bridgehead atoms. The van der Waals surface area contributed by atoms with Gasteiger partial charge in [-0.1, -0.05) is 38.0 Å². The van der Waals surface area contributed by atoms with Crippen molar-refractivity contribution in [3.05, 3.63) is 69.8 Å². The van der Waals surface area contributed by atoms with Crippen LogP contribution >= 0.6 is 0 Å². The van der Waals surface area contributed by atoms with Crippen molar-refractivity contribution < 1.29 is 4.79 Å². The molecule has 1 aliphatic rings. The number of amides is 1. The van der Waals surface area contributed by atoms with Crippen molar-refractivity contribution in [3.8, 4) is 0 Å². The van der Waals surface area contributed by atoms with E-state index in [9.17, 15) is 9.59 Å². The number of anilines is 1. The summed E-state index contributed by atoms with van der Waals surface area (Å²) in [5.41, 5.74) is 3.04. The quantitative estimate of drug-likeness (QED) is 0.741. The van der Waals surface area contributed by atoms with Crippen LogP contribution in [0, 0.1) is 0 Å². The van der Waals surface area contributed by atoms with Crippen LogP contribution in [0.25, 0.3) is 10.9 Å². The molecule has 1 N–H and O–H groups in total. The zero-order valence-electron chi connectivity index (χ0n) is 16.2. The zero-order chi connectivity index (χ0) is 19.5. The van der Waals surface area contributed by atoms with Gasteiger partial charge in [-0.2, -0.15) is 0 Å². The molecule has 3 aromatic rings. The van der Waals surface area contributed by atoms with Crippen LogP contribution in [-0.4, -0.2) is 15.5 Å². The Morgan fingerprint density at radius 3 is 2.79 bits per heavy atom. The van der Waals surface area contributed by atoms with Crippen LogP contribution in [-0.2, 0) is 19.4 Å². The predicted octanol–water partition coefficient (Wildman–Crippen LogP) is 4.33. The first kappa shape index (κ1) is 18.4. The van der Waals surface area contributed by atoms with Gasteiger partial charge in [0.25, 0.3) is 11.5 Å². The Morgan fingerprint density at radius 2 is 1.93 bits per heavy atom. The lowest BCUT2D eigenvalue weighted by atomic mass is 10.1. The number of hydrogen-bond acceptors (Lipinski definition) is 3. The van der Waals surface area contributed by atoms with Crippen LogP contribution in [0.3, 0.4) is 0 Å². The van der Waals surface area contributed by atoms with Gasteiger partial charge >= 0.3 is 0 Å². The highest BCUT2D eigenvalue weighted by molar-refractivity contribution is 6.06. The van der Waals surface area contributed by atoms with Crippen molar-refractivity contribution in [2.45, 2.75) is 52.0 Å². The van der Waals surface area contributed by atoms with Crippen LogP contribution in [0.2, 0.25) is 0 Å². The Bertz CT molecular complexity index is 1080. The molecule has 0 saturated carbocycles. The zero-order valence-corrected chi connectivity index (χ0v) is 16.2. The van der Waals surface area contributed by atoms with E-state index >= 15 is 0 Å². The van der Waals surface area contributed by atoms with Gasteiger partial charge in [0.2, 0.25) is 0 Å². The summed E-state index contributed by atoms with van der Waals surface area (Å²) < 4.78 is 1.82. The number of carbonyl (C=O) groups excluding carboxylic acids is 1. The average molecular weight is 375 g/mol. The third-order valence-electron chi connectivity index (χ3n) is 5.48. The molecule has 1 amide bonds. The molecule has 0 atom stereocenters. The van der Waals surface area contributed by atoms with Crippen LogP contribution in [0.5, 0.6) is 0 Å². The average Bonchev–Trinajstić information content (AvgIpc) is 2.69. The van der Waals surface area contributed by atoms with Gasteiger partial charge in [0, 0.05) is 24.2 Å². The Hall–Kier alpha value is -2.95. The molecule has 0 aliphatic carbocycles. The van der Waals surface area contributed by atoms with Crippen molar-refractivity contribution in [1.82, 2.24) is 9.55 Å². The second-order valence-electron chi connectivity index (χ2n) is 7.35. The van der Waals surface area contributed by atoms with Gasteiger partial charge in [-0.05, 0) is 49.1 Å². The van der Waals surface area contributed by atoms with E-state index in [0.717, 1.165) is 55.7 Å². The molecule has 4 rings (SSSR count). The van der Waals surface area contributed by atoms with E-state index in [1.807, 2.05) is 28.8 Å². The predicted molar refractivity (Wildman–Crippen MR) is 112 cm³/mol. The van der Waals surface area contributed by atoms with E-state index < -0.39 is 0 Å². The first-order valence-corrected chi connectivity index (χ1v) is 10.1. The molecular formula is C23H25N3O2. The third kappa shape index (κ3) is 3.57. The number of nitrogens with zero attached hydrogens (tertiary/aromatic N) is 2. The van der Waals surface area contributed by atoms with Crippen molar-refractivity contribution in [2.24, 2.45) is 0 Å². The normalized spacial score (nSPS) is 14.2. The van der Waals surface area contributed by atoms with E-state index in [-0.39, 0.29) is 11.5 Å². The molecule has 0 saturated heterocycles. The van der Waals surface area contributed by atoms with Gasteiger partial charge in [0.15, 0.2) is 0 Å². The lowest BCUT2D eigenvalue weighted by Gasteiger charge is -2.16. The summed E-state index contributed by atoms with van der Waals surface area (Å²) in [5.74, 6) is 0.655. The van der Waals surface area contributed by atoms with Gasteiger partial charge in [0.1, 0.15) is 5.82 Å². The Kier molecular flexibility index (Phi) is 5.24. The Morgan fingerprint density at radius 1 is 1.11 bits per heavy atom. The molecule has 1 aliphatic heterocycles. The molecule has 1 aromatic heterocycles. The summed E-state index contributed by atoms with van der Waals surface area (Å²) in [5, 5.41) is 3.57. The fraction of sp³-hybridized carbons (Fsp3) is 0.348. The Labute approximate surface area is 164 Å². The minimum Gasteiger partial charge on any atom is -0.322 e. The molecule has 144 valence electrons. The number of fused-ring (bicyclic) bond motifs is 2. The standard InChI is InChI=1S/C23H25N3O2/c1-2-16-9-6-7-10-19(16)25-22(27)17-12-13-18-20(15-17)24-21-11-5-3-4-8-14-26(21)23(18)28/h6-7,9-10,12-13,15H,2-5,8,11,14H2,1H3,(H,25,27). The molecule has 2 heterocycles. The number of hydrogen-bond donors (Lipinski definition) is 1. The summed E-state index contributed by atoms with van der Waals surface area (Å²) in [6.45, 7) is 2.79. The maximum atomic E-state index is 12.9. The van der Waals surface area contributed by atoms with E-state index in [4.69, 9.17) is 4.98 Å². The smallest absolute Gasteiger partial charge is 0.261 e. The van der Waals surface area contributed by atoms with Gasteiger partial charge in [0.05, 0.1) is 10.9 Å². The van der Waals surface area contributed by atoms with Gasteiger partial charge in [-0.3, -0.25) is 14.2 Å². The summed E-state index contributed by atoms with van der Waals surface area (Å²) in [4.78, 5) is 30.4. The molecule has 0 radical (unpaired) electrons. The number of rotatable bonds is 3. The third-order valence-corrected chi connectivity index (χ3v) is 5.48. The van der Waals surface area contributed by atoms with E-state index in [0.29, 0.717) is 16.5 Å². The van der Waals surface area contributed by atoms with Crippen molar-refractivity contribution in [1.29, 1.82) is 0 Å². The lowest BCUT2D eigenvalue weighted by Crippen LogP contribution is -2.26. The van der Waals surface area contributed by atoms with Crippen LogP contribution in [0.15, 0.2) is 47.3 Å². The fourth-order valence-corrected chi connectivity index (χ4v) is 3.88. The van der Waals surface area contributed by atoms with Crippen LogP contribution in [0.4, 0.5) is 5.69 Å². The molecule has 28 heavy (non-hydrogen) atoms. The highest BCUT2D eigenvalue weighted by Gasteiger charge is 2.15. The number of carbonyl (C=O) groups is 1. The summed E-state index contributed by atoms with van der Waals surface area (Å²) in [6.07, 6.45) is 6.04. The number of benzene rings is 2. The highest BCUT2D eigenvalue weighted by atomic mass is 16.1. The molecular weight excluding hydrogens is 350 g/mol. The van der Waals surface area contributed by atoms with E-state index in [1.54, 1.807) is 18.2 Å². The van der Waals surface area contributed by atoms with Gasteiger partial charge < -0.3 is 5.32 Å². The number of nitrogens with one attached hydrogen (secondary N) is 1. The van der Waals surface area contributed by atoms with Crippen molar-refractivity contribution in [2.75, 3.05) is 5.32 Å². The monoisotopic (exact) mass is 375 g/mol. The number of aromatic nitrogens is 2. The van der Waals surface area contributed by atoms with Gasteiger partial charge in [-0.25, -0.2) is 4.98 Å². The number of para-hydroxylation sites is 1. The minimum atomic E-state index is -0.184. The summed E-state index contributed by atoms with van der Waals surface area (Å²) >= 11 is 0. The highest BCUT2D eigenvalue weighted by Crippen LogP contribution is 2.19. The first-order valence-electron chi connectivity index (χ1n) is 10.1. The molecule has 2 aromatic carbocycles.